The van der Waals surface area contributed by atoms with E-state index >= 15 is 0 Å². The van der Waals surface area contributed by atoms with E-state index in [1.165, 1.54) is 12.1 Å². The van der Waals surface area contributed by atoms with Gasteiger partial charge in [-0.2, -0.15) is 0 Å². The largest absolute Gasteiger partial charge is 0.352 e. The van der Waals surface area contributed by atoms with Crippen molar-refractivity contribution in [3.63, 3.8) is 0 Å². The van der Waals surface area contributed by atoms with Crippen molar-refractivity contribution in [2.75, 3.05) is 11.9 Å². The number of nitrogens with one attached hydrogen (secondary N) is 2. The molecule has 1 amide bonds. The third kappa shape index (κ3) is 5.11. The van der Waals surface area contributed by atoms with Gasteiger partial charge in [-0.1, -0.05) is 24.3 Å². The first-order valence-electron chi connectivity index (χ1n) is 12.2. The lowest BCUT2D eigenvalue weighted by Crippen LogP contribution is -2.32. The molecule has 188 valence electrons. The zero-order valence-electron chi connectivity index (χ0n) is 20.7. The Kier molecular flexibility index (Phi) is 7.01. The van der Waals surface area contributed by atoms with E-state index in [0.29, 0.717) is 11.7 Å². The van der Waals surface area contributed by atoms with E-state index in [4.69, 9.17) is 12.2 Å². The zero-order chi connectivity index (χ0) is 25.9. The van der Waals surface area contributed by atoms with Gasteiger partial charge in [0, 0.05) is 41.9 Å². The number of carbonyl (C=O) groups excluding carboxylic acids is 1. The summed E-state index contributed by atoms with van der Waals surface area (Å²) in [5.74, 6) is -0.349. The topological polar surface area (TPSA) is 62.2 Å². The standard InChI is InChI=1S/C29H28FN5OS/c1-19-18-24(20(2)35(19)23-13-11-21(30)12-14-23)28-27(25-10-6-7-16-31-25)33-29(37)34(28)17-15-26(36)32-22-8-4-3-5-9-22/h3-14,16,18,27-28H,15,17H2,1-2H3,(H,32,36)(H,33,37). The van der Waals surface area contributed by atoms with Crippen molar-refractivity contribution < 1.29 is 9.18 Å². The molecule has 0 radical (unpaired) electrons. The molecule has 2 aromatic heterocycles. The first-order chi connectivity index (χ1) is 17.9. The summed E-state index contributed by atoms with van der Waals surface area (Å²) in [6, 6.07) is 23.5. The smallest absolute Gasteiger partial charge is 0.226 e. The number of anilines is 1. The first-order valence-corrected chi connectivity index (χ1v) is 12.6. The van der Waals surface area contributed by atoms with Crippen molar-refractivity contribution in [2.45, 2.75) is 32.4 Å². The van der Waals surface area contributed by atoms with Gasteiger partial charge in [-0.05, 0) is 86.2 Å². The van der Waals surface area contributed by atoms with Crippen LogP contribution in [-0.2, 0) is 4.79 Å². The van der Waals surface area contributed by atoms with Gasteiger partial charge in [-0.15, -0.1) is 0 Å². The molecule has 37 heavy (non-hydrogen) atoms. The van der Waals surface area contributed by atoms with E-state index in [2.05, 4.69) is 38.1 Å². The fourth-order valence-corrected chi connectivity index (χ4v) is 5.36. The fraction of sp³-hybridized carbons (Fsp3) is 0.207. The summed E-state index contributed by atoms with van der Waals surface area (Å²) in [5, 5.41) is 6.99. The monoisotopic (exact) mass is 513 g/mol. The number of benzene rings is 2. The molecule has 8 heteroatoms. The summed E-state index contributed by atoms with van der Waals surface area (Å²) in [4.78, 5) is 19.4. The van der Waals surface area contributed by atoms with Crippen LogP contribution in [0.5, 0.6) is 0 Å². The second-order valence-corrected chi connectivity index (χ2v) is 9.51. The van der Waals surface area contributed by atoms with Crippen molar-refractivity contribution in [3.8, 4) is 5.69 Å². The van der Waals surface area contributed by atoms with Crippen molar-refractivity contribution in [1.29, 1.82) is 0 Å². The highest BCUT2D eigenvalue weighted by atomic mass is 32.1. The maximum atomic E-state index is 13.6. The first kappa shape index (κ1) is 24.6. The molecule has 1 aliphatic rings. The number of hydrogen-bond acceptors (Lipinski definition) is 3. The van der Waals surface area contributed by atoms with Crippen LogP contribution in [0.25, 0.3) is 5.69 Å². The van der Waals surface area contributed by atoms with Gasteiger partial charge >= 0.3 is 0 Å². The Morgan fingerprint density at radius 1 is 1.05 bits per heavy atom. The Labute approximate surface area is 221 Å². The number of halogens is 1. The van der Waals surface area contributed by atoms with Crippen LogP contribution >= 0.6 is 12.2 Å². The number of pyridine rings is 1. The highest BCUT2D eigenvalue weighted by molar-refractivity contribution is 7.80. The van der Waals surface area contributed by atoms with Crippen LogP contribution < -0.4 is 10.6 Å². The average molecular weight is 514 g/mol. The number of hydrogen-bond donors (Lipinski definition) is 2. The Bertz CT molecular complexity index is 1410. The van der Waals surface area contributed by atoms with Gasteiger partial charge in [-0.3, -0.25) is 9.78 Å². The van der Waals surface area contributed by atoms with E-state index in [1.807, 2.05) is 55.5 Å². The van der Waals surface area contributed by atoms with Crippen LogP contribution in [-0.4, -0.2) is 32.0 Å². The van der Waals surface area contributed by atoms with E-state index in [1.54, 1.807) is 18.3 Å². The molecule has 0 aliphatic carbocycles. The maximum absolute atomic E-state index is 13.6. The predicted octanol–water partition coefficient (Wildman–Crippen LogP) is 5.63. The molecular formula is C29H28FN5OS. The quantitative estimate of drug-likeness (QED) is 0.314. The zero-order valence-corrected chi connectivity index (χ0v) is 21.5. The minimum atomic E-state index is -0.271. The lowest BCUT2D eigenvalue weighted by molar-refractivity contribution is -0.116. The van der Waals surface area contributed by atoms with Crippen LogP contribution in [0.4, 0.5) is 10.1 Å². The SMILES string of the molecule is Cc1cc(C2C(c3ccccn3)NC(=S)N2CCC(=O)Nc2ccccc2)c(C)n1-c1ccc(F)cc1. The Hall–Kier alpha value is -4.04. The highest BCUT2D eigenvalue weighted by Crippen LogP contribution is 2.41. The number of thiocarbonyl (C=S) groups is 1. The van der Waals surface area contributed by atoms with E-state index in [9.17, 15) is 9.18 Å². The second-order valence-electron chi connectivity index (χ2n) is 9.12. The number of nitrogens with zero attached hydrogens (tertiary/aromatic N) is 3. The number of aromatic nitrogens is 2. The minimum absolute atomic E-state index is 0.0779. The lowest BCUT2D eigenvalue weighted by atomic mass is 9.96. The molecule has 2 aromatic carbocycles. The molecule has 6 nitrogen and oxygen atoms in total. The van der Waals surface area contributed by atoms with Crippen molar-refractivity contribution >= 4 is 28.9 Å². The summed E-state index contributed by atoms with van der Waals surface area (Å²) < 4.78 is 15.7. The fourth-order valence-electron chi connectivity index (χ4n) is 5.03. The lowest BCUT2D eigenvalue weighted by Gasteiger charge is -2.28. The summed E-state index contributed by atoms with van der Waals surface area (Å²) in [6.45, 7) is 4.54. The number of amides is 1. The third-order valence-electron chi connectivity index (χ3n) is 6.71. The molecule has 1 fully saturated rings. The summed E-state index contributed by atoms with van der Waals surface area (Å²) in [5.41, 5.74) is 5.66. The molecule has 1 aliphatic heterocycles. The Balaban J connectivity index is 1.47. The van der Waals surface area contributed by atoms with Crippen molar-refractivity contribution in [2.24, 2.45) is 0 Å². The van der Waals surface area contributed by atoms with Crippen LogP contribution in [0.1, 0.15) is 41.1 Å². The number of carbonyl (C=O) groups is 1. The Morgan fingerprint density at radius 3 is 2.49 bits per heavy atom. The van der Waals surface area contributed by atoms with Gasteiger partial charge in [-0.25, -0.2) is 4.39 Å². The molecule has 3 heterocycles. The molecule has 0 bridgehead atoms. The van der Waals surface area contributed by atoms with Gasteiger partial charge in [0.15, 0.2) is 5.11 Å². The van der Waals surface area contributed by atoms with Crippen LogP contribution in [0.2, 0.25) is 0 Å². The molecule has 2 atom stereocenters. The van der Waals surface area contributed by atoms with E-state index < -0.39 is 0 Å². The Morgan fingerprint density at radius 2 is 1.78 bits per heavy atom. The van der Waals surface area contributed by atoms with Crippen molar-refractivity contribution in [1.82, 2.24) is 19.8 Å². The predicted molar refractivity (Wildman–Crippen MR) is 147 cm³/mol. The normalized spacial score (nSPS) is 17.1. The van der Waals surface area contributed by atoms with Gasteiger partial charge in [0.2, 0.25) is 5.91 Å². The van der Waals surface area contributed by atoms with Crippen LogP contribution in [0, 0.1) is 19.7 Å². The number of aryl methyl sites for hydroxylation is 1. The van der Waals surface area contributed by atoms with Gasteiger partial charge < -0.3 is 20.1 Å². The van der Waals surface area contributed by atoms with E-state index in [0.717, 1.165) is 34.0 Å². The molecule has 5 rings (SSSR count). The summed E-state index contributed by atoms with van der Waals surface area (Å²) in [6.07, 6.45) is 2.05. The molecule has 2 N–H and O–H groups in total. The van der Waals surface area contributed by atoms with Crippen LogP contribution in [0.3, 0.4) is 0 Å². The maximum Gasteiger partial charge on any atom is 0.226 e. The van der Waals surface area contributed by atoms with Gasteiger partial charge in [0.1, 0.15) is 5.82 Å². The third-order valence-corrected chi connectivity index (χ3v) is 7.06. The molecule has 2 unspecified atom stereocenters. The molecular weight excluding hydrogens is 485 g/mol. The van der Waals surface area contributed by atoms with Crippen LogP contribution in [0.15, 0.2) is 85.1 Å². The second kappa shape index (κ2) is 10.5. The minimum Gasteiger partial charge on any atom is -0.352 e. The van der Waals surface area contributed by atoms with Crippen molar-refractivity contribution in [3.05, 3.63) is 114 Å². The summed E-state index contributed by atoms with van der Waals surface area (Å²) >= 11 is 5.77. The van der Waals surface area contributed by atoms with E-state index in [-0.39, 0.29) is 30.2 Å². The number of rotatable bonds is 7. The summed E-state index contributed by atoms with van der Waals surface area (Å²) in [7, 11) is 0. The highest BCUT2D eigenvalue weighted by Gasteiger charge is 2.41. The number of para-hydroxylation sites is 1. The average Bonchev–Trinajstić information content (AvgIpc) is 3.39. The van der Waals surface area contributed by atoms with Gasteiger partial charge in [0.25, 0.3) is 0 Å². The molecule has 1 saturated heterocycles. The van der Waals surface area contributed by atoms with Gasteiger partial charge in [0.05, 0.1) is 17.8 Å². The molecule has 4 aromatic rings. The molecule has 0 saturated carbocycles. The molecule has 0 spiro atoms.